The van der Waals surface area contributed by atoms with Crippen LogP contribution in [-0.2, 0) is 0 Å². The number of carbonyl (C=O) groups is 1. The summed E-state index contributed by atoms with van der Waals surface area (Å²) in [6.45, 7) is 3.32. The summed E-state index contributed by atoms with van der Waals surface area (Å²) in [6.07, 6.45) is -4.18. The van der Waals surface area contributed by atoms with Gasteiger partial charge in [-0.2, -0.15) is 0 Å². The molecule has 0 aliphatic carbocycles. The van der Waals surface area contributed by atoms with Crippen LogP contribution >= 0.6 is 0 Å². The number of hydrogen-bond acceptors (Lipinski definition) is 6. The standard InChI is InChI=1S/C22H22F4N6O2/c1-10(12-4-3-5-13(19(12)24)20(25)26)28-21-14-6-18(27-7-16(14)29-11(2)30-21)32-8-15(23)17(9-32)31-22(33)34/h3-7,10,15,17,20,31H,8-9H2,1-2H3,(H,33,34)(H,28,29,30)/t10-,15-,17+/m1/s1. The van der Waals surface area contributed by atoms with E-state index < -0.39 is 42.2 Å². The minimum absolute atomic E-state index is 0.0545. The van der Waals surface area contributed by atoms with E-state index in [4.69, 9.17) is 5.11 Å². The van der Waals surface area contributed by atoms with E-state index in [0.717, 1.165) is 6.07 Å². The number of hydrogen-bond donors (Lipinski definition) is 3. The van der Waals surface area contributed by atoms with Crippen LogP contribution in [-0.4, -0.2) is 51.5 Å². The maximum Gasteiger partial charge on any atom is 0.405 e. The summed E-state index contributed by atoms with van der Waals surface area (Å²) in [7, 11) is 0. The molecule has 0 spiro atoms. The van der Waals surface area contributed by atoms with E-state index in [1.54, 1.807) is 24.8 Å². The average Bonchev–Trinajstić information content (AvgIpc) is 3.12. The topological polar surface area (TPSA) is 103 Å². The summed E-state index contributed by atoms with van der Waals surface area (Å²) in [5.74, 6) is 0.141. The number of pyridine rings is 1. The number of benzene rings is 1. The molecule has 3 heterocycles. The van der Waals surface area contributed by atoms with E-state index in [-0.39, 0.29) is 18.7 Å². The molecule has 1 aliphatic heterocycles. The average molecular weight is 478 g/mol. The molecule has 1 amide bonds. The predicted molar refractivity (Wildman–Crippen MR) is 118 cm³/mol. The van der Waals surface area contributed by atoms with Crippen molar-refractivity contribution in [1.29, 1.82) is 0 Å². The highest BCUT2D eigenvalue weighted by Crippen LogP contribution is 2.31. The molecular weight excluding hydrogens is 456 g/mol. The molecule has 1 fully saturated rings. The molecule has 12 heteroatoms. The van der Waals surface area contributed by atoms with Gasteiger partial charge in [-0.15, -0.1) is 0 Å². The van der Waals surface area contributed by atoms with Crippen LogP contribution in [0.15, 0.2) is 30.5 Å². The zero-order chi connectivity index (χ0) is 24.6. The van der Waals surface area contributed by atoms with Gasteiger partial charge in [0.15, 0.2) is 0 Å². The van der Waals surface area contributed by atoms with Crippen molar-refractivity contribution in [3.8, 4) is 0 Å². The second kappa shape index (κ2) is 9.27. The fourth-order valence-electron chi connectivity index (χ4n) is 4.02. The Hall–Kier alpha value is -3.70. The summed E-state index contributed by atoms with van der Waals surface area (Å²) in [6, 6.07) is 3.85. The fourth-order valence-corrected chi connectivity index (χ4v) is 4.02. The Balaban J connectivity index is 1.66. The molecule has 0 unspecified atom stereocenters. The van der Waals surface area contributed by atoms with Crippen LogP contribution < -0.4 is 15.5 Å². The minimum atomic E-state index is -2.94. The van der Waals surface area contributed by atoms with Crippen LogP contribution in [0.3, 0.4) is 0 Å². The Morgan fingerprint density at radius 3 is 2.68 bits per heavy atom. The summed E-state index contributed by atoms with van der Waals surface area (Å²) >= 11 is 0. The van der Waals surface area contributed by atoms with Crippen LogP contribution in [0.2, 0.25) is 0 Å². The maximum atomic E-state index is 14.6. The smallest absolute Gasteiger partial charge is 0.405 e. The van der Waals surface area contributed by atoms with Crippen molar-refractivity contribution in [3.63, 3.8) is 0 Å². The van der Waals surface area contributed by atoms with Gasteiger partial charge in [0.2, 0.25) is 0 Å². The lowest BCUT2D eigenvalue weighted by molar-refractivity contribution is 0.146. The Morgan fingerprint density at radius 2 is 1.97 bits per heavy atom. The van der Waals surface area contributed by atoms with Gasteiger partial charge in [0.1, 0.15) is 29.4 Å². The van der Waals surface area contributed by atoms with Gasteiger partial charge in [0.25, 0.3) is 6.43 Å². The first-order valence-electron chi connectivity index (χ1n) is 10.5. The Labute approximate surface area is 192 Å². The molecule has 0 saturated carbocycles. The van der Waals surface area contributed by atoms with E-state index >= 15 is 0 Å². The number of amides is 1. The zero-order valence-electron chi connectivity index (χ0n) is 18.3. The van der Waals surface area contributed by atoms with Crippen LogP contribution in [0.25, 0.3) is 10.9 Å². The lowest BCUT2D eigenvalue weighted by Crippen LogP contribution is -2.40. The third kappa shape index (κ3) is 4.66. The van der Waals surface area contributed by atoms with Crippen molar-refractivity contribution < 1.29 is 27.5 Å². The molecule has 2 aromatic heterocycles. The largest absolute Gasteiger partial charge is 0.465 e. The molecule has 1 aromatic carbocycles. The van der Waals surface area contributed by atoms with E-state index in [2.05, 4.69) is 25.6 Å². The van der Waals surface area contributed by atoms with Gasteiger partial charge in [-0.05, 0) is 19.9 Å². The van der Waals surface area contributed by atoms with Crippen LogP contribution in [0, 0.1) is 12.7 Å². The summed E-state index contributed by atoms with van der Waals surface area (Å²) in [4.78, 5) is 25.5. The predicted octanol–water partition coefficient (Wildman–Crippen LogP) is 4.38. The van der Waals surface area contributed by atoms with Crippen LogP contribution in [0.4, 0.5) is 34.0 Å². The number of anilines is 2. The summed E-state index contributed by atoms with van der Waals surface area (Å²) in [5.41, 5.74) is -0.149. The van der Waals surface area contributed by atoms with Gasteiger partial charge < -0.3 is 20.6 Å². The summed E-state index contributed by atoms with van der Waals surface area (Å²) < 4.78 is 55.2. The van der Waals surface area contributed by atoms with Crippen LogP contribution in [0.5, 0.6) is 0 Å². The molecule has 4 rings (SSSR count). The zero-order valence-corrected chi connectivity index (χ0v) is 18.3. The number of fused-ring (bicyclic) bond motifs is 1. The first-order valence-corrected chi connectivity index (χ1v) is 10.5. The lowest BCUT2D eigenvalue weighted by atomic mass is 10.0. The first-order chi connectivity index (χ1) is 16.1. The van der Waals surface area contributed by atoms with Gasteiger partial charge in [-0.25, -0.2) is 37.3 Å². The van der Waals surface area contributed by atoms with E-state index in [1.165, 1.54) is 18.3 Å². The molecule has 3 N–H and O–H groups in total. The van der Waals surface area contributed by atoms with Crippen molar-refractivity contribution in [1.82, 2.24) is 20.3 Å². The lowest BCUT2D eigenvalue weighted by Gasteiger charge is -2.20. The number of rotatable bonds is 6. The summed E-state index contributed by atoms with van der Waals surface area (Å²) in [5, 5.41) is 14.6. The second-order valence-corrected chi connectivity index (χ2v) is 8.07. The molecule has 3 atom stereocenters. The highest BCUT2D eigenvalue weighted by molar-refractivity contribution is 5.90. The highest BCUT2D eigenvalue weighted by Gasteiger charge is 2.35. The molecule has 180 valence electrons. The number of carboxylic acid groups (broad SMARTS) is 1. The Bertz CT molecular complexity index is 1230. The maximum absolute atomic E-state index is 14.6. The van der Waals surface area contributed by atoms with E-state index in [1.807, 2.05) is 0 Å². The van der Waals surface area contributed by atoms with Crippen molar-refractivity contribution >= 4 is 28.6 Å². The van der Waals surface area contributed by atoms with Crippen molar-refractivity contribution in [2.24, 2.45) is 0 Å². The highest BCUT2D eigenvalue weighted by atomic mass is 19.3. The quantitative estimate of drug-likeness (QED) is 0.452. The SMILES string of the molecule is Cc1nc(N[C@H](C)c2cccc(C(F)F)c2F)c2cc(N3C[C@@H](F)[C@@H](NC(=O)O)C3)ncc2n1. The second-order valence-electron chi connectivity index (χ2n) is 8.07. The number of nitrogens with zero attached hydrogens (tertiary/aromatic N) is 4. The van der Waals surface area contributed by atoms with Crippen molar-refractivity contribution in [2.45, 2.75) is 38.5 Å². The van der Waals surface area contributed by atoms with Gasteiger partial charge in [-0.3, -0.25) is 0 Å². The number of aryl methyl sites for hydroxylation is 1. The van der Waals surface area contributed by atoms with E-state index in [9.17, 15) is 22.4 Å². The molecular formula is C22H22F4N6O2. The Kier molecular flexibility index (Phi) is 6.40. The van der Waals surface area contributed by atoms with Crippen LogP contribution in [0.1, 0.15) is 36.3 Å². The molecule has 1 aliphatic rings. The van der Waals surface area contributed by atoms with Gasteiger partial charge in [0, 0.05) is 17.5 Å². The van der Waals surface area contributed by atoms with Gasteiger partial charge >= 0.3 is 6.09 Å². The van der Waals surface area contributed by atoms with Crippen molar-refractivity contribution in [3.05, 3.63) is 53.2 Å². The first kappa shape index (κ1) is 23.5. The fraction of sp³-hybridized carbons (Fsp3) is 0.364. The number of aromatic nitrogens is 3. The molecule has 1 saturated heterocycles. The minimum Gasteiger partial charge on any atom is -0.465 e. The number of alkyl halides is 3. The molecule has 0 bridgehead atoms. The van der Waals surface area contributed by atoms with Gasteiger partial charge in [-0.1, -0.05) is 18.2 Å². The third-order valence-electron chi connectivity index (χ3n) is 5.67. The van der Waals surface area contributed by atoms with Gasteiger partial charge in [0.05, 0.1) is 35.9 Å². The number of halogens is 4. The molecule has 34 heavy (non-hydrogen) atoms. The third-order valence-corrected chi connectivity index (χ3v) is 5.67. The molecule has 8 nitrogen and oxygen atoms in total. The van der Waals surface area contributed by atoms with Crippen molar-refractivity contribution in [2.75, 3.05) is 23.3 Å². The number of nitrogens with one attached hydrogen (secondary N) is 2. The monoisotopic (exact) mass is 478 g/mol. The van der Waals surface area contributed by atoms with E-state index in [0.29, 0.717) is 28.4 Å². The molecule has 0 radical (unpaired) electrons. The molecule has 3 aromatic rings. The Morgan fingerprint density at radius 1 is 1.24 bits per heavy atom. The normalized spacial score (nSPS) is 19.0.